The molecule has 0 bridgehead atoms. The van der Waals surface area contributed by atoms with Crippen LogP contribution in [0.15, 0.2) is 15.7 Å². The monoisotopic (exact) mass is 331 g/mol. The number of likely N-dealkylation sites (tertiary alicyclic amines) is 1. The molecular weight excluding hydrogens is 306 g/mol. The summed E-state index contributed by atoms with van der Waals surface area (Å²) in [6.45, 7) is 5.94. The molecule has 0 amide bonds. The van der Waals surface area contributed by atoms with Crippen LogP contribution in [0.5, 0.6) is 0 Å². The van der Waals surface area contributed by atoms with E-state index in [4.69, 9.17) is 0 Å². The van der Waals surface area contributed by atoms with Crippen LogP contribution in [0.1, 0.15) is 31.7 Å². The molecule has 1 saturated heterocycles. The largest absolute Gasteiger partial charge is 0.316 e. The molecule has 0 aromatic carbocycles. The van der Waals surface area contributed by atoms with Crippen molar-refractivity contribution in [3.63, 3.8) is 0 Å². The van der Waals surface area contributed by atoms with Gasteiger partial charge < -0.3 is 10.2 Å². The molecule has 120 valence electrons. The van der Waals surface area contributed by atoms with Gasteiger partial charge in [0, 0.05) is 12.6 Å². The third-order valence-corrected chi connectivity index (χ3v) is 6.73. The normalized spacial score (nSPS) is 18.2. The van der Waals surface area contributed by atoms with Crippen molar-refractivity contribution in [1.29, 1.82) is 0 Å². The van der Waals surface area contributed by atoms with Crippen molar-refractivity contribution in [2.45, 2.75) is 43.0 Å². The third-order valence-electron chi connectivity index (χ3n) is 3.72. The van der Waals surface area contributed by atoms with E-state index in [1.165, 1.54) is 11.3 Å². The van der Waals surface area contributed by atoms with Crippen LogP contribution in [0.3, 0.4) is 0 Å². The second kappa shape index (κ2) is 7.69. The van der Waals surface area contributed by atoms with Crippen molar-refractivity contribution in [3.05, 3.63) is 17.0 Å². The molecule has 2 N–H and O–H groups in total. The van der Waals surface area contributed by atoms with Crippen LogP contribution in [0.25, 0.3) is 0 Å². The number of rotatable bonds is 7. The summed E-state index contributed by atoms with van der Waals surface area (Å²) in [5.74, 6) is 0. The van der Waals surface area contributed by atoms with E-state index in [-0.39, 0.29) is 6.04 Å². The number of sulfonamides is 1. The molecule has 0 radical (unpaired) electrons. The van der Waals surface area contributed by atoms with E-state index in [0.717, 1.165) is 44.5 Å². The number of nitrogens with one attached hydrogen (secondary N) is 2. The first-order chi connectivity index (χ1) is 10.0. The summed E-state index contributed by atoms with van der Waals surface area (Å²) in [7, 11) is -1.51. The first kappa shape index (κ1) is 16.9. The molecule has 1 fully saturated rings. The number of thiophene rings is 1. The van der Waals surface area contributed by atoms with Gasteiger partial charge in [0.25, 0.3) is 0 Å². The fraction of sp³-hybridized carbons (Fsp3) is 0.714. The highest BCUT2D eigenvalue weighted by Crippen LogP contribution is 2.22. The molecule has 0 aliphatic carbocycles. The smallest absolute Gasteiger partial charge is 0.250 e. The topological polar surface area (TPSA) is 61.4 Å². The zero-order valence-corrected chi connectivity index (χ0v) is 14.4. The number of hydrogen-bond acceptors (Lipinski definition) is 5. The van der Waals surface area contributed by atoms with Crippen LogP contribution in [0.4, 0.5) is 0 Å². The average Bonchev–Trinajstić information content (AvgIpc) is 2.91. The van der Waals surface area contributed by atoms with Gasteiger partial charge in [-0.25, -0.2) is 13.1 Å². The SMILES string of the molecule is CCCN1CCC(NS(=O)(=O)c2cc(CNC)cs2)CC1. The maximum Gasteiger partial charge on any atom is 0.250 e. The number of hydrogen-bond donors (Lipinski definition) is 2. The molecule has 5 nitrogen and oxygen atoms in total. The van der Waals surface area contributed by atoms with Crippen molar-refractivity contribution >= 4 is 21.4 Å². The minimum Gasteiger partial charge on any atom is -0.316 e. The van der Waals surface area contributed by atoms with Crippen molar-refractivity contribution in [2.24, 2.45) is 0 Å². The van der Waals surface area contributed by atoms with Crippen LogP contribution in [-0.4, -0.2) is 46.0 Å². The van der Waals surface area contributed by atoms with Gasteiger partial charge in [-0.15, -0.1) is 11.3 Å². The minimum atomic E-state index is -3.36. The maximum atomic E-state index is 12.4. The van der Waals surface area contributed by atoms with E-state index in [0.29, 0.717) is 10.8 Å². The Labute approximate surface area is 131 Å². The summed E-state index contributed by atoms with van der Waals surface area (Å²) in [5, 5.41) is 4.93. The molecular formula is C14H25N3O2S2. The summed E-state index contributed by atoms with van der Waals surface area (Å²) >= 11 is 1.29. The summed E-state index contributed by atoms with van der Waals surface area (Å²) in [6.07, 6.45) is 2.95. The second-order valence-corrected chi connectivity index (χ2v) is 8.39. The lowest BCUT2D eigenvalue weighted by atomic mass is 10.1. The lowest BCUT2D eigenvalue weighted by Gasteiger charge is -2.31. The second-order valence-electron chi connectivity index (χ2n) is 5.54. The van der Waals surface area contributed by atoms with Crippen LogP contribution in [0.2, 0.25) is 0 Å². The van der Waals surface area contributed by atoms with Gasteiger partial charge in [0.1, 0.15) is 4.21 Å². The Morgan fingerprint density at radius 3 is 2.71 bits per heavy atom. The Hall–Kier alpha value is -0.470. The van der Waals surface area contributed by atoms with Gasteiger partial charge in [-0.2, -0.15) is 0 Å². The van der Waals surface area contributed by atoms with Crippen LogP contribution >= 0.6 is 11.3 Å². The van der Waals surface area contributed by atoms with E-state index < -0.39 is 10.0 Å². The Balaban J connectivity index is 1.92. The summed E-state index contributed by atoms with van der Waals surface area (Å²) in [6, 6.07) is 1.83. The van der Waals surface area contributed by atoms with Gasteiger partial charge in [0.15, 0.2) is 0 Å². The van der Waals surface area contributed by atoms with E-state index in [2.05, 4.69) is 21.9 Å². The molecule has 1 aromatic heterocycles. The average molecular weight is 332 g/mol. The molecule has 0 saturated carbocycles. The van der Waals surface area contributed by atoms with Gasteiger partial charge in [-0.3, -0.25) is 0 Å². The van der Waals surface area contributed by atoms with Gasteiger partial charge in [-0.05, 0) is 63.0 Å². The zero-order chi connectivity index (χ0) is 15.3. The standard InChI is InChI=1S/C14H25N3O2S2/c1-3-6-17-7-4-13(5-8-17)16-21(18,19)14-9-12(10-15-2)11-20-14/h9,11,13,15-16H,3-8,10H2,1-2H3. The molecule has 1 aromatic rings. The maximum absolute atomic E-state index is 12.4. The van der Waals surface area contributed by atoms with Crippen LogP contribution < -0.4 is 10.0 Å². The van der Waals surface area contributed by atoms with E-state index in [1.807, 2.05) is 12.4 Å². The molecule has 0 atom stereocenters. The lowest BCUT2D eigenvalue weighted by molar-refractivity contribution is 0.208. The highest BCUT2D eigenvalue weighted by atomic mass is 32.2. The Morgan fingerprint density at radius 2 is 2.10 bits per heavy atom. The molecule has 21 heavy (non-hydrogen) atoms. The van der Waals surface area contributed by atoms with Crippen molar-refractivity contribution < 1.29 is 8.42 Å². The number of piperidine rings is 1. The molecule has 1 aliphatic rings. The predicted octanol–water partition coefficient (Wildman–Crippen LogP) is 1.62. The highest BCUT2D eigenvalue weighted by Gasteiger charge is 2.25. The van der Waals surface area contributed by atoms with E-state index in [1.54, 1.807) is 6.07 Å². The van der Waals surface area contributed by atoms with Gasteiger partial charge in [-0.1, -0.05) is 6.92 Å². The van der Waals surface area contributed by atoms with E-state index in [9.17, 15) is 8.42 Å². The Morgan fingerprint density at radius 1 is 1.38 bits per heavy atom. The molecule has 7 heteroatoms. The Bertz CT molecular complexity index is 534. The van der Waals surface area contributed by atoms with E-state index >= 15 is 0 Å². The molecule has 0 spiro atoms. The van der Waals surface area contributed by atoms with Crippen molar-refractivity contribution in [2.75, 3.05) is 26.7 Å². The first-order valence-electron chi connectivity index (χ1n) is 7.52. The molecule has 2 rings (SSSR count). The van der Waals surface area contributed by atoms with Gasteiger partial charge >= 0.3 is 0 Å². The van der Waals surface area contributed by atoms with Crippen LogP contribution in [0, 0.1) is 0 Å². The van der Waals surface area contributed by atoms with Gasteiger partial charge in [0.05, 0.1) is 0 Å². The fourth-order valence-corrected chi connectivity index (χ4v) is 5.19. The quantitative estimate of drug-likeness (QED) is 0.797. The summed E-state index contributed by atoms with van der Waals surface area (Å²) in [5.41, 5.74) is 1.01. The third kappa shape index (κ3) is 4.75. The van der Waals surface area contributed by atoms with Crippen molar-refractivity contribution in [3.8, 4) is 0 Å². The summed E-state index contributed by atoms with van der Waals surface area (Å²) in [4.78, 5) is 2.40. The molecule has 0 unspecified atom stereocenters. The molecule has 1 aliphatic heterocycles. The Kier molecular flexibility index (Phi) is 6.19. The summed E-state index contributed by atoms with van der Waals surface area (Å²) < 4.78 is 28.1. The first-order valence-corrected chi connectivity index (χ1v) is 9.88. The fourth-order valence-electron chi connectivity index (χ4n) is 2.66. The van der Waals surface area contributed by atoms with Crippen LogP contribution in [-0.2, 0) is 16.6 Å². The lowest BCUT2D eigenvalue weighted by Crippen LogP contribution is -2.44. The van der Waals surface area contributed by atoms with Gasteiger partial charge in [0.2, 0.25) is 10.0 Å². The predicted molar refractivity (Wildman–Crippen MR) is 87.2 cm³/mol. The van der Waals surface area contributed by atoms with Crippen molar-refractivity contribution in [1.82, 2.24) is 14.9 Å². The number of nitrogens with zero attached hydrogens (tertiary/aromatic N) is 1. The molecule has 2 heterocycles. The minimum absolute atomic E-state index is 0.0676. The zero-order valence-electron chi connectivity index (χ0n) is 12.8. The highest BCUT2D eigenvalue weighted by molar-refractivity contribution is 7.91.